The maximum Gasteiger partial charge on any atom is 0.0914 e. The molecule has 0 amide bonds. The molecule has 0 aromatic heterocycles. The summed E-state index contributed by atoms with van der Waals surface area (Å²) in [7, 11) is 1.67. The number of hydrazine groups is 1. The van der Waals surface area contributed by atoms with E-state index in [1.165, 1.54) is 0 Å². The highest BCUT2D eigenvalue weighted by molar-refractivity contribution is 7.91. The fourth-order valence-electron chi connectivity index (χ4n) is 0.0456. The average molecular weight is 94.1 g/mol. The predicted molar refractivity (Wildman–Crippen MR) is 22.4 cm³/mol. The van der Waals surface area contributed by atoms with Crippen LogP contribution >= 0.6 is 12.2 Å². The molecule has 5 heavy (non-hydrogen) atoms. The van der Waals surface area contributed by atoms with Gasteiger partial charge in [0.25, 0.3) is 0 Å². The van der Waals surface area contributed by atoms with E-state index in [9.17, 15) is 0 Å². The number of hydrogen-bond acceptors (Lipinski definition) is 4. The number of hydrogen-bond donors (Lipinski definition) is 3. The van der Waals surface area contributed by atoms with Gasteiger partial charge in [-0.1, -0.05) is 0 Å². The Labute approximate surface area is 35.1 Å². The van der Waals surface area contributed by atoms with Gasteiger partial charge in [0.2, 0.25) is 0 Å². The summed E-state index contributed by atoms with van der Waals surface area (Å²) in [5.41, 5.74) is 2.48. The summed E-state index contributed by atoms with van der Waals surface area (Å²) in [4.78, 5) is 2.33. The molecule has 0 aromatic rings. The van der Waals surface area contributed by atoms with Crippen LogP contribution in [0.4, 0.5) is 0 Å². The van der Waals surface area contributed by atoms with Crippen LogP contribution in [-0.4, -0.2) is 11.6 Å². The second-order valence-electron chi connectivity index (χ2n) is 0.443. The Hall–Kier alpha value is 0.230. The van der Waals surface area contributed by atoms with E-state index in [1.807, 2.05) is 0 Å². The van der Waals surface area contributed by atoms with Crippen molar-refractivity contribution in [2.45, 2.75) is 0 Å². The zero-order valence-corrected chi connectivity index (χ0v) is 3.67. The van der Waals surface area contributed by atoms with Crippen LogP contribution in [0.5, 0.6) is 0 Å². The first-order chi connectivity index (χ1) is 2.41. The fourth-order valence-corrected chi connectivity index (χ4v) is 0.137. The molecule has 4 heteroatoms. The summed E-state index contributed by atoms with van der Waals surface area (Å²) in [6, 6.07) is 0. The number of nitrogens with one attached hydrogen (secondary N) is 2. The predicted octanol–water partition coefficient (Wildman–Crippen LogP) is -0.168. The van der Waals surface area contributed by atoms with Gasteiger partial charge in [0.1, 0.15) is 0 Å². The molecule has 0 aliphatic heterocycles. The minimum absolute atomic E-state index is 0.541. The summed E-state index contributed by atoms with van der Waals surface area (Å²) >= 11 is 0.541. The summed E-state index contributed by atoms with van der Waals surface area (Å²) in [5, 5.41) is 0. The van der Waals surface area contributed by atoms with Gasteiger partial charge in [-0.05, 0) is 7.05 Å². The van der Waals surface area contributed by atoms with Crippen LogP contribution < -0.4 is 10.3 Å². The first kappa shape index (κ1) is 5.23. The second kappa shape index (κ2) is 4.23. The lowest BCUT2D eigenvalue weighted by atomic mass is 11.5. The highest BCUT2D eigenvalue weighted by Crippen LogP contribution is 1.69. The van der Waals surface area contributed by atoms with E-state index >= 15 is 0 Å². The smallest absolute Gasteiger partial charge is 0.0914 e. The molecule has 0 aromatic carbocycles. The number of rotatable bonds is 2. The molecule has 0 unspecified atom stereocenters. The Bertz CT molecular complexity index is 17.1. The lowest BCUT2D eigenvalue weighted by Gasteiger charge is -1.86. The van der Waals surface area contributed by atoms with Crippen molar-refractivity contribution in [3.05, 3.63) is 0 Å². The molecule has 0 heterocycles. The highest BCUT2D eigenvalue weighted by Gasteiger charge is 1.62. The lowest BCUT2D eigenvalue weighted by molar-refractivity contribution is 0.635. The summed E-state index contributed by atoms with van der Waals surface area (Å²) in [6.07, 6.45) is 0. The average Bonchev–Trinajstić information content (AvgIpc) is 1.41. The van der Waals surface area contributed by atoms with Gasteiger partial charge < -0.3 is 4.55 Å². The zero-order chi connectivity index (χ0) is 4.12. The molecule has 32 valence electrons. The summed E-state index contributed by atoms with van der Waals surface area (Å²) < 4.78 is 7.81. The minimum Gasteiger partial charge on any atom is -0.316 e. The van der Waals surface area contributed by atoms with Gasteiger partial charge in [0.15, 0.2) is 0 Å². The summed E-state index contributed by atoms with van der Waals surface area (Å²) in [6.45, 7) is 0. The molecule has 0 saturated carbocycles. The zero-order valence-electron chi connectivity index (χ0n) is 2.86. The van der Waals surface area contributed by atoms with Crippen LogP contribution in [0.3, 0.4) is 0 Å². The van der Waals surface area contributed by atoms with Crippen LogP contribution in [0, 0.1) is 0 Å². The first-order valence-corrected chi connectivity index (χ1v) is 1.91. The van der Waals surface area contributed by atoms with Gasteiger partial charge in [-0.2, -0.15) is 4.83 Å². The molecular formula is CH6N2OS. The third kappa shape index (κ3) is 4.23. The standard InChI is InChI=1S/CH6N2OS/c1-2-3-5-4/h2-4H,1H3. The van der Waals surface area contributed by atoms with E-state index in [1.54, 1.807) is 7.05 Å². The molecule has 0 bridgehead atoms. The molecule has 3 N–H and O–H groups in total. The largest absolute Gasteiger partial charge is 0.316 e. The molecular weight excluding hydrogens is 88.1 g/mol. The fraction of sp³-hybridized carbons (Fsp3) is 1.00. The lowest BCUT2D eigenvalue weighted by Crippen LogP contribution is -2.18. The minimum atomic E-state index is 0.541. The van der Waals surface area contributed by atoms with E-state index in [0.29, 0.717) is 12.2 Å². The molecule has 0 aliphatic carbocycles. The molecule has 0 aliphatic rings. The topological polar surface area (TPSA) is 44.3 Å². The van der Waals surface area contributed by atoms with Crippen LogP contribution in [-0.2, 0) is 0 Å². The van der Waals surface area contributed by atoms with Crippen molar-refractivity contribution >= 4 is 12.2 Å². The molecule has 0 spiro atoms. The maximum absolute atomic E-state index is 7.81. The van der Waals surface area contributed by atoms with E-state index in [0.717, 1.165) is 0 Å². The Morgan fingerprint density at radius 1 is 1.80 bits per heavy atom. The Morgan fingerprint density at radius 3 is 2.40 bits per heavy atom. The Kier molecular flexibility index (Phi) is 4.42. The van der Waals surface area contributed by atoms with Crippen molar-refractivity contribution in [3.63, 3.8) is 0 Å². The van der Waals surface area contributed by atoms with Gasteiger partial charge in [-0.3, -0.25) is 0 Å². The highest BCUT2D eigenvalue weighted by atomic mass is 32.2. The first-order valence-electron chi connectivity index (χ1n) is 1.14. The quantitative estimate of drug-likeness (QED) is 0.252. The van der Waals surface area contributed by atoms with Gasteiger partial charge in [-0.25, -0.2) is 5.43 Å². The van der Waals surface area contributed by atoms with Crippen molar-refractivity contribution in [1.82, 2.24) is 10.3 Å². The Morgan fingerprint density at radius 2 is 2.40 bits per heavy atom. The molecule has 3 nitrogen and oxygen atoms in total. The van der Waals surface area contributed by atoms with E-state index in [-0.39, 0.29) is 0 Å². The van der Waals surface area contributed by atoms with Gasteiger partial charge in [-0.15, -0.1) is 0 Å². The third-order valence-electron chi connectivity index (χ3n) is 0.148. The second-order valence-corrected chi connectivity index (χ2v) is 0.830. The van der Waals surface area contributed by atoms with Gasteiger partial charge in [0.05, 0.1) is 12.2 Å². The van der Waals surface area contributed by atoms with E-state index < -0.39 is 0 Å². The third-order valence-corrected chi connectivity index (χ3v) is 0.443. The maximum atomic E-state index is 7.81. The van der Waals surface area contributed by atoms with Crippen molar-refractivity contribution in [3.8, 4) is 0 Å². The SMILES string of the molecule is CNNSO. The van der Waals surface area contributed by atoms with Gasteiger partial charge >= 0.3 is 0 Å². The van der Waals surface area contributed by atoms with E-state index in [2.05, 4.69) is 10.3 Å². The van der Waals surface area contributed by atoms with Crippen molar-refractivity contribution in [2.75, 3.05) is 7.05 Å². The molecule has 0 fully saturated rings. The van der Waals surface area contributed by atoms with Gasteiger partial charge in [0, 0.05) is 0 Å². The molecule has 0 rings (SSSR count). The normalized spacial score (nSPS) is 8.40. The monoisotopic (exact) mass is 94.0 g/mol. The van der Waals surface area contributed by atoms with Crippen LogP contribution in [0.15, 0.2) is 0 Å². The molecule has 0 radical (unpaired) electrons. The Balaban J connectivity index is 2.19. The van der Waals surface area contributed by atoms with Crippen LogP contribution in [0.1, 0.15) is 0 Å². The van der Waals surface area contributed by atoms with Crippen LogP contribution in [0.25, 0.3) is 0 Å². The molecule has 0 atom stereocenters. The van der Waals surface area contributed by atoms with Crippen LogP contribution in [0.2, 0.25) is 0 Å². The van der Waals surface area contributed by atoms with Crippen molar-refractivity contribution in [1.29, 1.82) is 0 Å². The van der Waals surface area contributed by atoms with Crippen molar-refractivity contribution < 1.29 is 4.55 Å². The van der Waals surface area contributed by atoms with Crippen molar-refractivity contribution in [2.24, 2.45) is 0 Å². The van der Waals surface area contributed by atoms with E-state index in [4.69, 9.17) is 4.55 Å². The molecule has 0 saturated heterocycles. The summed E-state index contributed by atoms with van der Waals surface area (Å²) in [5.74, 6) is 0.